The van der Waals surface area contributed by atoms with Crippen molar-refractivity contribution in [2.45, 2.75) is 27.7 Å². The first-order valence-electron chi connectivity index (χ1n) is 15.9. The average Bonchev–Trinajstić information content (AvgIpc) is 3.08. The molecule has 0 atom stereocenters. The number of benzene rings is 5. The molecule has 234 valence electrons. The molecule has 6 heteroatoms. The fourth-order valence-corrected chi connectivity index (χ4v) is 6.24. The van der Waals surface area contributed by atoms with Gasteiger partial charge in [-0.15, -0.1) is 0 Å². The largest absolute Gasteiger partial charge is 0.322 e. The maximum absolute atomic E-state index is 13.7. The first-order chi connectivity index (χ1) is 23.2. The number of aromatic nitrogens is 2. The molecule has 2 heterocycles. The Morgan fingerprint density at radius 2 is 0.875 bits per heavy atom. The number of para-hydroxylation sites is 2. The second-order valence-corrected chi connectivity index (χ2v) is 12.3. The molecule has 0 bridgehead atoms. The molecule has 2 N–H and O–H groups in total. The van der Waals surface area contributed by atoms with Gasteiger partial charge in [-0.2, -0.15) is 0 Å². The Hall–Kier alpha value is -6.14. The second-order valence-electron chi connectivity index (χ2n) is 12.3. The monoisotopic (exact) mass is 626 g/mol. The van der Waals surface area contributed by atoms with Gasteiger partial charge in [0.05, 0.1) is 33.5 Å². The molecule has 0 aliphatic rings. The quantitative estimate of drug-likeness (QED) is 0.192. The summed E-state index contributed by atoms with van der Waals surface area (Å²) in [7, 11) is 0. The number of amides is 2. The summed E-state index contributed by atoms with van der Waals surface area (Å²) in [5.41, 5.74) is 11.8. The van der Waals surface area contributed by atoms with E-state index in [1.165, 1.54) is 11.1 Å². The van der Waals surface area contributed by atoms with Crippen molar-refractivity contribution in [2.24, 2.45) is 0 Å². The molecule has 0 fully saturated rings. The maximum atomic E-state index is 13.7. The van der Waals surface area contributed by atoms with Gasteiger partial charge in [0.25, 0.3) is 11.8 Å². The lowest BCUT2D eigenvalue weighted by atomic mass is 9.99. The summed E-state index contributed by atoms with van der Waals surface area (Å²) in [6.07, 6.45) is 0. The molecule has 48 heavy (non-hydrogen) atoms. The third-order valence-corrected chi connectivity index (χ3v) is 8.64. The van der Waals surface area contributed by atoms with Crippen LogP contribution in [-0.4, -0.2) is 21.8 Å². The molecule has 5 aromatic carbocycles. The molecule has 0 saturated heterocycles. The minimum atomic E-state index is -0.237. The van der Waals surface area contributed by atoms with E-state index in [4.69, 9.17) is 9.97 Å². The summed E-state index contributed by atoms with van der Waals surface area (Å²) in [6.45, 7) is 8.23. The molecule has 7 rings (SSSR count). The van der Waals surface area contributed by atoms with Crippen LogP contribution in [0.2, 0.25) is 0 Å². The van der Waals surface area contributed by atoms with E-state index in [2.05, 4.69) is 74.7 Å². The van der Waals surface area contributed by atoms with Gasteiger partial charge in [0.2, 0.25) is 0 Å². The molecule has 2 amide bonds. The zero-order valence-corrected chi connectivity index (χ0v) is 27.3. The molecule has 0 aliphatic heterocycles. The van der Waals surface area contributed by atoms with E-state index in [0.29, 0.717) is 22.5 Å². The normalized spacial score (nSPS) is 11.1. The average molecular weight is 627 g/mol. The van der Waals surface area contributed by atoms with E-state index in [-0.39, 0.29) is 11.8 Å². The maximum Gasteiger partial charge on any atom is 0.256 e. The van der Waals surface area contributed by atoms with Gasteiger partial charge < -0.3 is 10.6 Å². The lowest BCUT2D eigenvalue weighted by Crippen LogP contribution is -2.14. The summed E-state index contributed by atoms with van der Waals surface area (Å²) < 4.78 is 0. The molecular weight excluding hydrogens is 592 g/mol. The third-order valence-electron chi connectivity index (χ3n) is 8.64. The van der Waals surface area contributed by atoms with Crippen molar-refractivity contribution >= 4 is 45.0 Å². The summed E-state index contributed by atoms with van der Waals surface area (Å²) in [6, 6.07) is 38.6. The van der Waals surface area contributed by atoms with E-state index < -0.39 is 0 Å². The number of nitrogens with one attached hydrogen (secondary N) is 2. The first kappa shape index (κ1) is 30.5. The van der Waals surface area contributed by atoms with Crippen molar-refractivity contribution in [2.75, 3.05) is 10.6 Å². The van der Waals surface area contributed by atoms with Gasteiger partial charge in [0, 0.05) is 33.3 Å². The van der Waals surface area contributed by atoms with Gasteiger partial charge in [-0.3, -0.25) is 9.59 Å². The number of nitrogens with zero attached hydrogens (tertiary/aromatic N) is 2. The van der Waals surface area contributed by atoms with Crippen LogP contribution in [0.25, 0.3) is 44.3 Å². The summed E-state index contributed by atoms with van der Waals surface area (Å²) in [4.78, 5) is 37.1. The topological polar surface area (TPSA) is 84.0 Å². The van der Waals surface area contributed by atoms with Crippen molar-refractivity contribution < 1.29 is 9.59 Å². The minimum Gasteiger partial charge on any atom is -0.322 e. The smallest absolute Gasteiger partial charge is 0.256 e. The van der Waals surface area contributed by atoms with Crippen LogP contribution >= 0.6 is 0 Å². The van der Waals surface area contributed by atoms with Crippen LogP contribution in [0, 0.1) is 27.7 Å². The highest BCUT2D eigenvalue weighted by molar-refractivity contribution is 6.14. The second kappa shape index (κ2) is 12.6. The van der Waals surface area contributed by atoms with Gasteiger partial charge >= 0.3 is 0 Å². The van der Waals surface area contributed by atoms with Crippen molar-refractivity contribution in [1.29, 1.82) is 0 Å². The Balaban J connectivity index is 1.14. The predicted molar refractivity (Wildman–Crippen MR) is 196 cm³/mol. The zero-order valence-electron chi connectivity index (χ0n) is 27.3. The van der Waals surface area contributed by atoms with Gasteiger partial charge in [-0.1, -0.05) is 83.9 Å². The number of carbonyl (C=O) groups is 2. The van der Waals surface area contributed by atoms with Crippen molar-refractivity contribution in [3.8, 4) is 22.5 Å². The van der Waals surface area contributed by atoms with E-state index in [1.807, 2.05) is 60.7 Å². The Kier molecular flexibility index (Phi) is 7.99. The molecule has 0 radical (unpaired) electrons. The molecule has 0 aliphatic carbocycles. The highest BCUT2D eigenvalue weighted by Gasteiger charge is 2.17. The van der Waals surface area contributed by atoms with E-state index in [1.54, 1.807) is 24.3 Å². The van der Waals surface area contributed by atoms with Crippen molar-refractivity contribution in [1.82, 2.24) is 9.97 Å². The number of aryl methyl sites for hydroxylation is 4. The lowest BCUT2D eigenvalue weighted by molar-refractivity contribution is 0.102. The molecule has 2 aromatic heterocycles. The number of fused-ring (bicyclic) bond motifs is 2. The SMILES string of the molecule is Cc1ccc(-c2cc(C(=O)Nc3ccc(NC(=O)c4cc(-c5ccc(C)cc5C)nc5ccccc45)cc3)c3ccccc3n2)c(C)c1. The Morgan fingerprint density at radius 1 is 0.479 bits per heavy atom. The van der Waals surface area contributed by atoms with E-state index >= 15 is 0 Å². The van der Waals surface area contributed by atoms with Crippen LogP contribution in [0.1, 0.15) is 43.0 Å². The molecule has 0 spiro atoms. The van der Waals surface area contributed by atoms with Crippen molar-refractivity contribution in [3.63, 3.8) is 0 Å². The van der Waals surface area contributed by atoms with Crippen molar-refractivity contribution in [3.05, 3.63) is 155 Å². The fraction of sp³-hybridized carbons (Fsp3) is 0.0952. The molecule has 6 nitrogen and oxygen atoms in total. The number of pyridine rings is 2. The Morgan fingerprint density at radius 3 is 1.27 bits per heavy atom. The van der Waals surface area contributed by atoms with Crippen LogP contribution in [0.15, 0.2) is 121 Å². The number of hydrogen-bond acceptors (Lipinski definition) is 4. The van der Waals surface area contributed by atoms with Crippen LogP contribution in [0.5, 0.6) is 0 Å². The Bertz CT molecular complexity index is 2210. The van der Waals surface area contributed by atoms with Crippen LogP contribution in [0.3, 0.4) is 0 Å². The lowest BCUT2D eigenvalue weighted by Gasteiger charge is -2.13. The number of carbonyl (C=O) groups excluding carboxylic acids is 2. The van der Waals surface area contributed by atoms with Crippen LogP contribution in [0.4, 0.5) is 11.4 Å². The van der Waals surface area contributed by atoms with Crippen LogP contribution in [-0.2, 0) is 0 Å². The molecular formula is C42H34N4O2. The standard InChI is InChI=1S/C42H34N4O2/c1-25-13-19-31(27(3)21-25)39-23-35(33-9-5-7-11-37(33)45-39)41(47)43-29-15-17-30(18-16-29)44-42(48)36-24-40(32-20-14-26(2)22-28(32)4)46-38-12-8-6-10-34(36)38/h5-24H,1-4H3,(H,43,47)(H,44,48). The highest BCUT2D eigenvalue weighted by Crippen LogP contribution is 2.30. The first-order valence-corrected chi connectivity index (χ1v) is 15.9. The Labute approximate surface area is 279 Å². The van der Waals surface area contributed by atoms with E-state index in [9.17, 15) is 9.59 Å². The summed E-state index contributed by atoms with van der Waals surface area (Å²) in [5.74, 6) is -0.475. The molecule has 7 aromatic rings. The number of rotatable bonds is 6. The fourth-order valence-electron chi connectivity index (χ4n) is 6.24. The van der Waals surface area contributed by atoms with E-state index in [0.717, 1.165) is 55.4 Å². The summed E-state index contributed by atoms with van der Waals surface area (Å²) in [5, 5.41) is 7.62. The zero-order chi connectivity index (χ0) is 33.4. The minimum absolute atomic E-state index is 0.237. The van der Waals surface area contributed by atoms with Gasteiger partial charge in [-0.05, 0) is 87.4 Å². The van der Waals surface area contributed by atoms with Gasteiger partial charge in [0.1, 0.15) is 0 Å². The van der Waals surface area contributed by atoms with Gasteiger partial charge in [0.15, 0.2) is 0 Å². The van der Waals surface area contributed by atoms with Crippen LogP contribution < -0.4 is 10.6 Å². The highest BCUT2D eigenvalue weighted by atomic mass is 16.2. The molecule has 0 saturated carbocycles. The summed E-state index contributed by atoms with van der Waals surface area (Å²) >= 11 is 0. The number of hydrogen-bond donors (Lipinski definition) is 2. The number of anilines is 2. The van der Waals surface area contributed by atoms with Gasteiger partial charge in [-0.25, -0.2) is 9.97 Å². The molecule has 0 unspecified atom stereocenters. The third kappa shape index (κ3) is 6.04. The predicted octanol–water partition coefficient (Wildman–Crippen LogP) is 9.86.